The van der Waals surface area contributed by atoms with E-state index < -0.39 is 0 Å². The second-order valence-electron chi connectivity index (χ2n) is 6.82. The van der Waals surface area contributed by atoms with Gasteiger partial charge in [0.1, 0.15) is 0 Å². The summed E-state index contributed by atoms with van der Waals surface area (Å²) >= 11 is 1.51. The molecule has 0 saturated heterocycles. The third-order valence-corrected chi connectivity index (χ3v) is 5.56. The van der Waals surface area contributed by atoms with Gasteiger partial charge in [-0.15, -0.1) is 11.3 Å². The van der Waals surface area contributed by atoms with E-state index in [1.807, 2.05) is 25.3 Å². The summed E-state index contributed by atoms with van der Waals surface area (Å²) in [5.41, 5.74) is 1.65. The Kier molecular flexibility index (Phi) is 7.30. The van der Waals surface area contributed by atoms with Gasteiger partial charge in [-0.3, -0.25) is 14.1 Å². The second kappa shape index (κ2) is 9.92. The molecule has 0 aliphatic heterocycles. The van der Waals surface area contributed by atoms with Gasteiger partial charge in [-0.2, -0.15) is 0 Å². The van der Waals surface area contributed by atoms with Gasteiger partial charge in [-0.1, -0.05) is 0 Å². The highest BCUT2D eigenvalue weighted by Gasteiger charge is 2.16. The van der Waals surface area contributed by atoms with E-state index in [0.717, 1.165) is 16.1 Å². The average Bonchev–Trinajstić information content (AvgIpc) is 3.11. The largest absolute Gasteiger partial charge is 0.493 e. The Hall–Kier alpha value is -2.62. The lowest BCUT2D eigenvalue weighted by molar-refractivity contribution is 0.139. The van der Waals surface area contributed by atoms with Crippen molar-refractivity contribution in [2.75, 3.05) is 41.6 Å². The SMILES string of the molecule is COCCN(Cc1cc(OC)c(OC)c(OC)c1)Cc1cc(=O)n2cc(C)sc2n1. The van der Waals surface area contributed by atoms with Gasteiger partial charge in [0, 0.05) is 43.9 Å². The fraction of sp³-hybridized carbons (Fsp3) is 0.429. The highest BCUT2D eigenvalue weighted by Crippen LogP contribution is 2.38. The average molecular weight is 434 g/mol. The Bertz CT molecular complexity index is 1040. The number of rotatable bonds is 10. The Labute approximate surface area is 179 Å². The lowest BCUT2D eigenvalue weighted by Gasteiger charge is -2.23. The normalized spacial score (nSPS) is 11.3. The quantitative estimate of drug-likeness (QED) is 0.487. The van der Waals surface area contributed by atoms with Crippen LogP contribution in [0.2, 0.25) is 0 Å². The predicted molar refractivity (Wildman–Crippen MR) is 116 cm³/mol. The zero-order valence-electron chi connectivity index (χ0n) is 17.9. The molecule has 0 fully saturated rings. The molecule has 0 radical (unpaired) electrons. The van der Waals surface area contributed by atoms with Gasteiger partial charge in [0.2, 0.25) is 5.75 Å². The van der Waals surface area contributed by atoms with Gasteiger partial charge in [-0.05, 0) is 24.6 Å². The lowest BCUT2D eigenvalue weighted by atomic mass is 10.1. The molecule has 30 heavy (non-hydrogen) atoms. The number of aromatic nitrogens is 2. The van der Waals surface area contributed by atoms with Crippen molar-refractivity contribution in [2.24, 2.45) is 0 Å². The zero-order chi connectivity index (χ0) is 21.7. The third-order valence-electron chi connectivity index (χ3n) is 4.66. The number of ether oxygens (including phenoxy) is 4. The van der Waals surface area contributed by atoms with E-state index >= 15 is 0 Å². The van der Waals surface area contributed by atoms with Crippen LogP contribution in [0.15, 0.2) is 29.2 Å². The Morgan fingerprint density at radius 2 is 1.73 bits per heavy atom. The zero-order valence-corrected chi connectivity index (χ0v) is 18.7. The summed E-state index contributed by atoms with van der Waals surface area (Å²) in [6.07, 6.45) is 1.82. The number of aryl methyl sites for hydroxylation is 1. The van der Waals surface area contributed by atoms with Crippen molar-refractivity contribution in [3.8, 4) is 17.2 Å². The molecule has 9 heteroatoms. The number of nitrogens with zero attached hydrogens (tertiary/aromatic N) is 3. The lowest BCUT2D eigenvalue weighted by Crippen LogP contribution is -2.28. The summed E-state index contributed by atoms with van der Waals surface area (Å²) in [7, 11) is 6.44. The molecule has 162 valence electrons. The van der Waals surface area contributed by atoms with Crippen LogP contribution in [0.5, 0.6) is 17.2 Å². The third kappa shape index (κ3) is 4.92. The summed E-state index contributed by atoms with van der Waals surface area (Å²) in [5, 5.41) is 0. The minimum absolute atomic E-state index is 0.0705. The minimum atomic E-state index is -0.0705. The molecule has 3 rings (SSSR count). The number of hydrogen-bond donors (Lipinski definition) is 0. The van der Waals surface area contributed by atoms with E-state index in [0.29, 0.717) is 48.5 Å². The molecular weight excluding hydrogens is 406 g/mol. The molecule has 0 spiro atoms. The Morgan fingerprint density at radius 1 is 1.03 bits per heavy atom. The summed E-state index contributed by atoms with van der Waals surface area (Å²) in [6, 6.07) is 5.44. The van der Waals surface area contributed by atoms with Gasteiger partial charge >= 0.3 is 0 Å². The molecule has 1 aromatic carbocycles. The molecule has 8 nitrogen and oxygen atoms in total. The van der Waals surface area contributed by atoms with Gasteiger partial charge in [0.15, 0.2) is 16.5 Å². The fourth-order valence-corrected chi connectivity index (χ4v) is 4.14. The summed E-state index contributed by atoms with van der Waals surface area (Å²) < 4.78 is 23.2. The number of benzene rings is 1. The maximum absolute atomic E-state index is 12.4. The van der Waals surface area contributed by atoms with Crippen LogP contribution in [0.4, 0.5) is 0 Å². The van der Waals surface area contributed by atoms with Crippen LogP contribution in [-0.4, -0.2) is 55.9 Å². The molecule has 0 aliphatic carbocycles. The molecule has 0 aliphatic rings. The first-order chi connectivity index (χ1) is 14.5. The predicted octanol–water partition coefficient (Wildman–Crippen LogP) is 2.74. The summed E-state index contributed by atoms with van der Waals surface area (Å²) in [6.45, 7) is 4.32. The Morgan fingerprint density at radius 3 is 2.33 bits per heavy atom. The van der Waals surface area contributed by atoms with Crippen LogP contribution in [0.1, 0.15) is 16.1 Å². The maximum atomic E-state index is 12.4. The smallest absolute Gasteiger partial charge is 0.258 e. The second-order valence-corrected chi connectivity index (χ2v) is 8.03. The van der Waals surface area contributed by atoms with Crippen molar-refractivity contribution in [1.82, 2.24) is 14.3 Å². The minimum Gasteiger partial charge on any atom is -0.493 e. The highest BCUT2D eigenvalue weighted by atomic mass is 32.1. The van der Waals surface area contributed by atoms with Crippen molar-refractivity contribution in [2.45, 2.75) is 20.0 Å². The molecule has 0 saturated carbocycles. The van der Waals surface area contributed by atoms with Crippen LogP contribution in [0.25, 0.3) is 4.96 Å². The molecule has 0 bridgehead atoms. The Balaban J connectivity index is 1.89. The number of thiazole rings is 1. The van der Waals surface area contributed by atoms with Crippen molar-refractivity contribution >= 4 is 16.3 Å². The molecule has 0 amide bonds. The first-order valence-corrected chi connectivity index (χ1v) is 10.3. The van der Waals surface area contributed by atoms with Crippen LogP contribution >= 0.6 is 11.3 Å². The van der Waals surface area contributed by atoms with E-state index in [-0.39, 0.29) is 5.56 Å². The van der Waals surface area contributed by atoms with Gasteiger partial charge in [-0.25, -0.2) is 4.98 Å². The monoisotopic (exact) mass is 433 g/mol. The van der Waals surface area contributed by atoms with Crippen molar-refractivity contribution < 1.29 is 18.9 Å². The van der Waals surface area contributed by atoms with E-state index in [2.05, 4.69) is 9.88 Å². The van der Waals surface area contributed by atoms with Crippen LogP contribution in [-0.2, 0) is 17.8 Å². The van der Waals surface area contributed by atoms with E-state index in [4.69, 9.17) is 18.9 Å². The number of fused-ring (bicyclic) bond motifs is 1. The molecule has 2 aromatic heterocycles. The fourth-order valence-electron chi connectivity index (χ4n) is 3.29. The molecule has 2 heterocycles. The molecule has 0 N–H and O–H groups in total. The maximum Gasteiger partial charge on any atom is 0.258 e. The molecule has 3 aromatic rings. The summed E-state index contributed by atoms with van der Waals surface area (Å²) in [5.74, 6) is 1.76. The summed E-state index contributed by atoms with van der Waals surface area (Å²) in [4.78, 5) is 21.0. The van der Waals surface area contributed by atoms with Crippen LogP contribution in [0, 0.1) is 6.92 Å². The van der Waals surface area contributed by atoms with E-state index in [1.54, 1.807) is 38.9 Å². The van der Waals surface area contributed by atoms with Crippen molar-refractivity contribution in [3.63, 3.8) is 0 Å². The highest BCUT2D eigenvalue weighted by molar-refractivity contribution is 7.16. The van der Waals surface area contributed by atoms with Gasteiger partial charge in [0.25, 0.3) is 5.56 Å². The van der Waals surface area contributed by atoms with Crippen LogP contribution in [0.3, 0.4) is 0 Å². The number of methoxy groups -OCH3 is 4. The molecular formula is C21H27N3O5S. The first kappa shape index (κ1) is 22.1. The topological polar surface area (TPSA) is 74.5 Å². The van der Waals surface area contributed by atoms with Crippen LogP contribution < -0.4 is 19.8 Å². The van der Waals surface area contributed by atoms with Gasteiger partial charge < -0.3 is 18.9 Å². The molecule has 0 atom stereocenters. The van der Waals surface area contributed by atoms with Crippen molar-refractivity contribution in [1.29, 1.82) is 0 Å². The van der Waals surface area contributed by atoms with E-state index in [9.17, 15) is 4.79 Å². The first-order valence-electron chi connectivity index (χ1n) is 9.48. The van der Waals surface area contributed by atoms with Crippen molar-refractivity contribution in [3.05, 3.63) is 50.9 Å². The number of hydrogen-bond acceptors (Lipinski definition) is 8. The standard InChI is InChI=1S/C21H27N3O5S/c1-14-11-24-19(25)10-16(22-21(24)30-14)13-23(6-7-26-2)12-15-8-17(27-3)20(29-5)18(9-15)28-4/h8-11H,6-7,12-13H2,1-5H3. The molecule has 0 unspecified atom stereocenters. The van der Waals surface area contributed by atoms with Gasteiger partial charge in [0.05, 0.1) is 33.6 Å². The van der Waals surface area contributed by atoms with E-state index in [1.165, 1.54) is 11.3 Å².